The van der Waals surface area contributed by atoms with E-state index in [1.165, 1.54) is 30.0 Å². The Morgan fingerprint density at radius 1 is 1.11 bits per heavy atom. The Bertz CT molecular complexity index is 1000. The summed E-state index contributed by atoms with van der Waals surface area (Å²) in [4.78, 5) is 30.0. The molecule has 0 spiro atoms. The van der Waals surface area contributed by atoms with Gasteiger partial charge >= 0.3 is 5.97 Å². The molecule has 0 saturated carbocycles. The first-order chi connectivity index (χ1) is 13.5. The first-order valence-corrected chi connectivity index (χ1v) is 9.38. The van der Waals surface area contributed by atoms with Crippen LogP contribution in [0.5, 0.6) is 11.5 Å². The quantitative estimate of drug-likeness (QED) is 0.341. The number of hydrogen-bond donors (Lipinski definition) is 2. The van der Waals surface area contributed by atoms with E-state index in [0.717, 1.165) is 11.3 Å². The maximum Gasteiger partial charge on any atom is 0.335 e. The second-order valence-corrected chi connectivity index (χ2v) is 6.77. The van der Waals surface area contributed by atoms with Crippen molar-refractivity contribution in [1.82, 2.24) is 9.97 Å². The van der Waals surface area contributed by atoms with Gasteiger partial charge in [0.25, 0.3) is 5.56 Å². The summed E-state index contributed by atoms with van der Waals surface area (Å²) in [5.74, 6) is 0.903. The van der Waals surface area contributed by atoms with Crippen LogP contribution in [-0.2, 0) is 0 Å². The van der Waals surface area contributed by atoms with Crippen LogP contribution in [0.15, 0.2) is 64.5 Å². The van der Waals surface area contributed by atoms with Crippen molar-refractivity contribution in [2.24, 2.45) is 0 Å². The standard InChI is InChI=1S/C20H18N2O5S/c1-26-15-6-2-13(3-7-15)17-12-18(23)22-20(21-17)28-11-10-27-16-8-4-14(5-9-16)19(24)25/h2-9,12H,10-11H2,1H3,(H,24,25)(H,21,22,23). The molecule has 28 heavy (non-hydrogen) atoms. The molecule has 0 aliphatic heterocycles. The molecular weight excluding hydrogens is 380 g/mol. The van der Waals surface area contributed by atoms with Crippen LogP contribution < -0.4 is 15.0 Å². The molecule has 0 amide bonds. The Kier molecular flexibility index (Phi) is 6.33. The Balaban J connectivity index is 1.59. The number of carboxylic acid groups (broad SMARTS) is 1. The number of carbonyl (C=O) groups is 1. The minimum atomic E-state index is -0.978. The molecule has 0 radical (unpaired) electrons. The van der Waals surface area contributed by atoms with Crippen LogP contribution in [0.2, 0.25) is 0 Å². The Labute approximate surface area is 165 Å². The Hall–Kier alpha value is -3.26. The summed E-state index contributed by atoms with van der Waals surface area (Å²) in [5, 5.41) is 9.39. The van der Waals surface area contributed by atoms with E-state index < -0.39 is 5.97 Å². The molecule has 3 rings (SSSR count). The van der Waals surface area contributed by atoms with E-state index in [4.69, 9.17) is 14.6 Å². The maximum atomic E-state index is 11.9. The predicted molar refractivity (Wildman–Crippen MR) is 106 cm³/mol. The smallest absolute Gasteiger partial charge is 0.335 e. The molecule has 1 heterocycles. The van der Waals surface area contributed by atoms with Gasteiger partial charge in [-0.1, -0.05) is 11.8 Å². The van der Waals surface area contributed by atoms with Gasteiger partial charge in [-0.2, -0.15) is 0 Å². The monoisotopic (exact) mass is 398 g/mol. The van der Waals surface area contributed by atoms with Gasteiger partial charge in [0.1, 0.15) is 11.5 Å². The Morgan fingerprint density at radius 2 is 1.79 bits per heavy atom. The lowest BCUT2D eigenvalue weighted by Gasteiger charge is -2.07. The van der Waals surface area contributed by atoms with Crippen LogP contribution in [0.3, 0.4) is 0 Å². The number of thioether (sulfide) groups is 1. The maximum absolute atomic E-state index is 11.9. The number of hydrogen-bond acceptors (Lipinski definition) is 6. The van der Waals surface area contributed by atoms with Gasteiger partial charge in [0.2, 0.25) is 0 Å². The van der Waals surface area contributed by atoms with Crippen molar-refractivity contribution >= 4 is 17.7 Å². The van der Waals surface area contributed by atoms with Crippen LogP contribution in [0.1, 0.15) is 10.4 Å². The first kappa shape index (κ1) is 19.5. The summed E-state index contributed by atoms with van der Waals surface area (Å²) in [7, 11) is 1.60. The highest BCUT2D eigenvalue weighted by Gasteiger charge is 2.06. The molecule has 7 nitrogen and oxygen atoms in total. The van der Waals surface area contributed by atoms with Gasteiger partial charge in [0, 0.05) is 17.4 Å². The minimum Gasteiger partial charge on any atom is -0.497 e. The molecular formula is C20H18N2O5S. The number of aromatic carboxylic acids is 1. The fraction of sp³-hybridized carbons (Fsp3) is 0.150. The van der Waals surface area contributed by atoms with Crippen molar-refractivity contribution in [2.45, 2.75) is 5.16 Å². The highest BCUT2D eigenvalue weighted by Crippen LogP contribution is 2.22. The summed E-state index contributed by atoms with van der Waals surface area (Å²) >= 11 is 1.37. The lowest BCUT2D eigenvalue weighted by Crippen LogP contribution is -2.09. The van der Waals surface area contributed by atoms with Crippen LogP contribution in [0.4, 0.5) is 0 Å². The SMILES string of the molecule is COc1ccc(-c2cc(=O)[nH]c(SCCOc3ccc(C(=O)O)cc3)n2)cc1. The number of nitrogens with one attached hydrogen (secondary N) is 1. The van der Waals surface area contributed by atoms with Crippen molar-refractivity contribution in [3.8, 4) is 22.8 Å². The summed E-state index contributed by atoms with van der Waals surface area (Å²) in [5.41, 5.74) is 1.38. The summed E-state index contributed by atoms with van der Waals surface area (Å²) < 4.78 is 10.7. The normalized spacial score (nSPS) is 10.5. The zero-order valence-corrected chi connectivity index (χ0v) is 15.9. The van der Waals surface area contributed by atoms with Gasteiger partial charge in [0.05, 0.1) is 25.0 Å². The van der Waals surface area contributed by atoms with E-state index in [9.17, 15) is 9.59 Å². The number of rotatable bonds is 8. The largest absolute Gasteiger partial charge is 0.497 e. The number of H-pyrrole nitrogens is 1. The molecule has 0 unspecified atom stereocenters. The lowest BCUT2D eigenvalue weighted by molar-refractivity contribution is 0.0697. The molecule has 2 N–H and O–H groups in total. The average Bonchev–Trinajstić information content (AvgIpc) is 2.71. The third-order valence-electron chi connectivity index (χ3n) is 3.80. The molecule has 0 aliphatic rings. The number of methoxy groups -OCH3 is 1. The van der Waals surface area contributed by atoms with Gasteiger partial charge in [-0.3, -0.25) is 4.79 Å². The molecule has 3 aromatic rings. The fourth-order valence-corrected chi connectivity index (χ4v) is 3.10. The number of aromatic nitrogens is 2. The van der Waals surface area contributed by atoms with Crippen molar-refractivity contribution in [1.29, 1.82) is 0 Å². The Morgan fingerprint density at radius 3 is 2.43 bits per heavy atom. The van der Waals surface area contributed by atoms with Gasteiger partial charge in [-0.05, 0) is 48.5 Å². The van der Waals surface area contributed by atoms with Crippen molar-refractivity contribution in [3.63, 3.8) is 0 Å². The van der Waals surface area contributed by atoms with Crippen molar-refractivity contribution < 1.29 is 19.4 Å². The molecule has 0 fully saturated rings. The van der Waals surface area contributed by atoms with E-state index >= 15 is 0 Å². The second-order valence-electron chi connectivity index (χ2n) is 5.69. The van der Waals surface area contributed by atoms with Crippen molar-refractivity contribution in [2.75, 3.05) is 19.5 Å². The van der Waals surface area contributed by atoms with Gasteiger partial charge in [-0.25, -0.2) is 9.78 Å². The summed E-state index contributed by atoms with van der Waals surface area (Å²) in [6.07, 6.45) is 0. The zero-order chi connectivity index (χ0) is 19.9. The third-order valence-corrected chi connectivity index (χ3v) is 4.64. The molecule has 144 valence electrons. The first-order valence-electron chi connectivity index (χ1n) is 8.40. The molecule has 0 aliphatic carbocycles. The molecule has 8 heteroatoms. The predicted octanol–water partition coefficient (Wildman–Crippen LogP) is 3.31. The zero-order valence-electron chi connectivity index (χ0n) is 15.0. The lowest BCUT2D eigenvalue weighted by atomic mass is 10.1. The highest BCUT2D eigenvalue weighted by molar-refractivity contribution is 7.99. The van der Waals surface area contributed by atoms with E-state index in [1.807, 2.05) is 24.3 Å². The highest BCUT2D eigenvalue weighted by atomic mass is 32.2. The molecule has 0 atom stereocenters. The number of aromatic amines is 1. The topological polar surface area (TPSA) is 102 Å². The van der Waals surface area contributed by atoms with E-state index in [1.54, 1.807) is 19.2 Å². The summed E-state index contributed by atoms with van der Waals surface area (Å²) in [6, 6.07) is 15.0. The van der Waals surface area contributed by atoms with E-state index in [2.05, 4.69) is 9.97 Å². The number of ether oxygens (including phenoxy) is 2. The van der Waals surface area contributed by atoms with Gasteiger partial charge < -0.3 is 19.6 Å². The summed E-state index contributed by atoms with van der Waals surface area (Å²) in [6.45, 7) is 0.382. The fourth-order valence-electron chi connectivity index (χ4n) is 2.40. The van der Waals surface area contributed by atoms with E-state index in [0.29, 0.717) is 29.0 Å². The van der Waals surface area contributed by atoms with Crippen LogP contribution in [0.25, 0.3) is 11.3 Å². The second kappa shape index (κ2) is 9.09. The molecule has 1 aromatic heterocycles. The number of benzene rings is 2. The van der Waals surface area contributed by atoms with Gasteiger partial charge in [-0.15, -0.1) is 0 Å². The third kappa shape index (κ3) is 5.14. The molecule has 0 bridgehead atoms. The molecule has 0 saturated heterocycles. The minimum absolute atomic E-state index is 0.207. The van der Waals surface area contributed by atoms with Crippen molar-refractivity contribution in [3.05, 3.63) is 70.5 Å². The van der Waals surface area contributed by atoms with E-state index in [-0.39, 0.29) is 11.1 Å². The number of carboxylic acids is 1. The van der Waals surface area contributed by atoms with Crippen LogP contribution >= 0.6 is 11.8 Å². The number of nitrogens with zero attached hydrogens (tertiary/aromatic N) is 1. The molecule has 2 aromatic carbocycles. The van der Waals surface area contributed by atoms with Crippen LogP contribution in [0, 0.1) is 0 Å². The van der Waals surface area contributed by atoms with Gasteiger partial charge in [0.15, 0.2) is 5.16 Å². The average molecular weight is 398 g/mol. The van der Waals surface area contributed by atoms with Crippen LogP contribution in [-0.4, -0.2) is 40.5 Å².